The molecule has 0 unspecified atom stereocenters. The van der Waals surface area contributed by atoms with E-state index < -0.39 is 6.36 Å². The topological polar surface area (TPSA) is 9.23 Å². The Kier molecular flexibility index (Phi) is 7.47. The molecule has 0 heterocycles. The molecule has 0 bridgehead atoms. The van der Waals surface area contributed by atoms with E-state index in [9.17, 15) is 13.2 Å². The van der Waals surface area contributed by atoms with Crippen molar-refractivity contribution in [3.05, 3.63) is 54.6 Å². The van der Waals surface area contributed by atoms with Gasteiger partial charge in [-0.1, -0.05) is 17.7 Å². The molecule has 0 fully saturated rings. The number of rotatable bonds is 2. The fraction of sp³-hybridized carbons (Fsp3) is 0.0769. The van der Waals surface area contributed by atoms with Gasteiger partial charge in [0.25, 0.3) is 0 Å². The zero-order chi connectivity index (χ0) is 12.3. The van der Waals surface area contributed by atoms with E-state index in [4.69, 9.17) is 0 Å². The van der Waals surface area contributed by atoms with Crippen molar-refractivity contribution >= 4 is 23.1 Å². The monoisotopic (exact) mass is 340 g/mol. The molecule has 0 spiro atoms. The Morgan fingerprint density at radius 3 is 2.26 bits per heavy atom. The molecule has 0 aromatic heterocycles. The Morgan fingerprint density at radius 2 is 1.68 bits per heavy atom. The van der Waals surface area contributed by atoms with Gasteiger partial charge in [0.15, 0.2) is 0 Å². The van der Waals surface area contributed by atoms with E-state index in [1.54, 1.807) is 30.3 Å². The summed E-state index contributed by atoms with van der Waals surface area (Å²) in [6.07, 6.45) is -4.67. The van der Waals surface area contributed by atoms with E-state index in [0.29, 0.717) is 5.56 Å². The molecule has 0 aliphatic carbocycles. The molecule has 0 aliphatic heterocycles. The van der Waals surface area contributed by atoms with Crippen LogP contribution in [0.2, 0.25) is 0 Å². The molecule has 1 nitrogen and oxygen atoms in total. The number of ether oxygens (including phenoxy) is 1. The maximum absolute atomic E-state index is 12.0. The molecule has 19 heavy (non-hydrogen) atoms. The van der Waals surface area contributed by atoms with Crippen LogP contribution >= 0.6 is 0 Å². The van der Waals surface area contributed by atoms with Gasteiger partial charge < -0.3 is 21.7 Å². The van der Waals surface area contributed by atoms with Gasteiger partial charge in [-0.15, -0.1) is 18.7 Å². The van der Waals surface area contributed by atoms with Crippen molar-refractivity contribution in [2.45, 2.75) is 6.36 Å². The van der Waals surface area contributed by atoms with Crippen molar-refractivity contribution in [2.75, 3.05) is 0 Å². The number of hydrogen-bond donors (Lipinski definition) is 0. The van der Waals surface area contributed by atoms with Crippen LogP contribution in [0.3, 0.4) is 0 Å². The Morgan fingerprint density at radius 1 is 1.00 bits per heavy atom. The van der Waals surface area contributed by atoms with Crippen LogP contribution in [0.25, 0.3) is 11.1 Å². The van der Waals surface area contributed by atoms with Crippen molar-refractivity contribution in [3.63, 3.8) is 0 Å². The van der Waals surface area contributed by atoms with E-state index in [1.807, 2.05) is 0 Å². The smallest absolute Gasteiger partial charge is 1.00 e. The number of benzene rings is 2. The zero-order valence-electron chi connectivity index (χ0n) is 9.75. The van der Waals surface area contributed by atoms with Crippen LogP contribution in [0.1, 0.15) is 0 Å². The van der Waals surface area contributed by atoms with Gasteiger partial charge in [-0.25, -0.2) is 0 Å². The van der Waals surface area contributed by atoms with Gasteiger partial charge in [0, 0.05) is 0 Å². The summed E-state index contributed by atoms with van der Waals surface area (Å²) in [5.74, 6) is -0.223. The molecule has 0 aliphatic rings. The molecule has 0 saturated heterocycles. The summed E-state index contributed by atoms with van der Waals surface area (Å²) in [4.78, 5) is 0. The fourth-order valence-corrected chi connectivity index (χ4v) is 1.45. The standard InChI is InChI=1S/C13H8F3O.BrH.Mg/c14-13(15,16)17-12-8-4-7-11(9-12)10-5-2-1-3-6-10;;/h1-2,4-9H;1H;/q-1;;+2/p-1. The zero-order valence-corrected chi connectivity index (χ0v) is 12.7. The molecule has 2 aromatic rings. The maximum Gasteiger partial charge on any atom is 2.00 e. The Labute approximate surface area is 135 Å². The first-order chi connectivity index (χ1) is 8.04. The molecule has 6 heteroatoms. The fourth-order valence-electron chi connectivity index (χ4n) is 1.45. The van der Waals surface area contributed by atoms with Crippen molar-refractivity contribution < 1.29 is 34.9 Å². The quantitative estimate of drug-likeness (QED) is 0.577. The van der Waals surface area contributed by atoms with Crippen LogP contribution < -0.4 is 21.7 Å². The average Bonchev–Trinajstić information content (AvgIpc) is 2.28. The second-order valence-corrected chi connectivity index (χ2v) is 3.37. The SMILES string of the molecule is FC(F)(F)Oc1cccc(-c2c[c-]ccc2)c1.[Br-].[Mg+2]. The summed E-state index contributed by atoms with van der Waals surface area (Å²) >= 11 is 0. The molecule has 2 rings (SSSR count). The van der Waals surface area contributed by atoms with Crippen LogP contribution in [0.5, 0.6) is 5.75 Å². The third kappa shape index (κ3) is 5.84. The minimum absolute atomic E-state index is 0. The van der Waals surface area contributed by atoms with Crippen LogP contribution in [-0.2, 0) is 0 Å². The maximum atomic E-state index is 12.0. The minimum Gasteiger partial charge on any atom is -1.00 e. The Bertz CT molecular complexity index is 503. The first kappa shape index (κ1) is 18.3. The summed E-state index contributed by atoms with van der Waals surface area (Å²) < 4.78 is 40.0. The van der Waals surface area contributed by atoms with Crippen LogP contribution in [0, 0.1) is 6.07 Å². The van der Waals surface area contributed by atoms with Gasteiger partial charge in [-0.3, -0.25) is 0 Å². The van der Waals surface area contributed by atoms with E-state index in [1.165, 1.54) is 18.2 Å². The van der Waals surface area contributed by atoms with Crippen molar-refractivity contribution in [2.24, 2.45) is 0 Å². The predicted molar refractivity (Wildman–Crippen MR) is 63.2 cm³/mol. The third-order valence-electron chi connectivity index (χ3n) is 2.11. The van der Waals surface area contributed by atoms with E-state index in [-0.39, 0.29) is 45.8 Å². The summed E-state index contributed by atoms with van der Waals surface area (Å²) in [6.45, 7) is 0. The van der Waals surface area contributed by atoms with Gasteiger partial charge in [0.2, 0.25) is 0 Å². The second-order valence-electron chi connectivity index (χ2n) is 3.37. The van der Waals surface area contributed by atoms with Gasteiger partial charge in [0.1, 0.15) is 5.75 Å². The Balaban J connectivity index is 0.00000162. The van der Waals surface area contributed by atoms with Crippen LogP contribution in [0.4, 0.5) is 13.2 Å². The summed E-state index contributed by atoms with van der Waals surface area (Å²) in [5.41, 5.74) is 1.45. The van der Waals surface area contributed by atoms with Gasteiger partial charge in [-0.2, -0.15) is 30.3 Å². The molecule has 0 amide bonds. The summed E-state index contributed by atoms with van der Waals surface area (Å²) in [5, 5.41) is 0. The number of hydrogen-bond acceptors (Lipinski definition) is 1. The number of halogens is 4. The molecule has 2 aromatic carbocycles. The normalized spacial score (nSPS) is 10.1. The van der Waals surface area contributed by atoms with Gasteiger partial charge >= 0.3 is 29.4 Å². The third-order valence-corrected chi connectivity index (χ3v) is 2.11. The summed E-state index contributed by atoms with van der Waals surface area (Å²) in [7, 11) is 0. The van der Waals surface area contributed by atoms with Crippen molar-refractivity contribution in [1.82, 2.24) is 0 Å². The van der Waals surface area contributed by atoms with Crippen molar-refractivity contribution in [1.29, 1.82) is 0 Å². The van der Waals surface area contributed by atoms with Gasteiger partial charge in [0.05, 0.1) is 0 Å². The minimum atomic E-state index is -4.67. The molecule has 0 atom stereocenters. The van der Waals surface area contributed by atoms with E-state index in [0.717, 1.165) is 5.56 Å². The molecular weight excluding hydrogens is 333 g/mol. The van der Waals surface area contributed by atoms with Crippen LogP contribution in [0.15, 0.2) is 48.5 Å². The Hall–Kier alpha value is -0.724. The molecule has 0 radical (unpaired) electrons. The molecular formula is C13H8BrF3MgO. The summed E-state index contributed by atoms with van der Waals surface area (Å²) in [6, 6.07) is 15.7. The molecule has 0 saturated carbocycles. The molecule has 96 valence electrons. The number of alkyl halides is 3. The molecule has 0 N–H and O–H groups in total. The first-order valence-corrected chi connectivity index (χ1v) is 4.87. The van der Waals surface area contributed by atoms with Gasteiger partial charge in [-0.05, 0) is 12.1 Å². The van der Waals surface area contributed by atoms with Crippen molar-refractivity contribution in [3.8, 4) is 16.9 Å². The largest absolute Gasteiger partial charge is 2.00 e. The van der Waals surface area contributed by atoms with E-state index in [2.05, 4.69) is 10.8 Å². The van der Waals surface area contributed by atoms with E-state index >= 15 is 0 Å². The van der Waals surface area contributed by atoms with Crippen LogP contribution in [-0.4, -0.2) is 29.4 Å². The predicted octanol–water partition coefficient (Wildman–Crippen LogP) is 0.676. The second kappa shape index (κ2) is 7.77. The average molecular weight is 341 g/mol. The first-order valence-electron chi connectivity index (χ1n) is 4.87.